The second-order valence-corrected chi connectivity index (χ2v) is 3.63. The summed E-state index contributed by atoms with van der Waals surface area (Å²) >= 11 is 4.40. The Bertz CT molecular complexity index is 301. The van der Waals surface area contributed by atoms with Crippen LogP contribution < -0.4 is 0 Å². The zero-order valence-corrected chi connectivity index (χ0v) is 7.31. The second kappa shape index (κ2) is 2.42. The molecule has 0 nitrogen and oxygen atoms in total. The highest BCUT2D eigenvalue weighted by Crippen LogP contribution is 2.34. The first-order chi connectivity index (χ1) is 5.29. The van der Waals surface area contributed by atoms with Crippen molar-refractivity contribution >= 4 is 12.6 Å². The van der Waals surface area contributed by atoms with Gasteiger partial charge in [-0.05, 0) is 23.6 Å². The van der Waals surface area contributed by atoms with Gasteiger partial charge in [0.1, 0.15) is 0 Å². The van der Waals surface area contributed by atoms with Gasteiger partial charge in [0.25, 0.3) is 0 Å². The van der Waals surface area contributed by atoms with E-state index in [-0.39, 0.29) is 0 Å². The standard InChI is InChI=1S/C10H10S/c1-7(11)9-6-5-8-3-2-4-10(8)9/h2-7,11H,1H3. The van der Waals surface area contributed by atoms with Crippen LogP contribution in [0.5, 0.6) is 0 Å². The van der Waals surface area contributed by atoms with Crippen LogP contribution in [0.15, 0.2) is 47.1 Å². The molecule has 0 saturated heterocycles. The molecule has 2 aliphatic rings. The summed E-state index contributed by atoms with van der Waals surface area (Å²) < 4.78 is 0. The minimum atomic E-state index is 0.342. The van der Waals surface area contributed by atoms with Gasteiger partial charge in [-0.3, -0.25) is 0 Å². The fourth-order valence-corrected chi connectivity index (χ4v) is 1.70. The lowest BCUT2D eigenvalue weighted by molar-refractivity contribution is 1.17. The van der Waals surface area contributed by atoms with Gasteiger partial charge in [-0.25, -0.2) is 0 Å². The van der Waals surface area contributed by atoms with Crippen LogP contribution in [-0.2, 0) is 0 Å². The summed E-state index contributed by atoms with van der Waals surface area (Å²) in [5.74, 6) is 0. The van der Waals surface area contributed by atoms with Crippen LogP contribution in [0.2, 0.25) is 0 Å². The van der Waals surface area contributed by atoms with E-state index in [0.29, 0.717) is 5.25 Å². The van der Waals surface area contributed by atoms with Gasteiger partial charge in [0.2, 0.25) is 0 Å². The number of hydrogen-bond donors (Lipinski definition) is 1. The van der Waals surface area contributed by atoms with Crippen molar-refractivity contribution in [2.75, 3.05) is 0 Å². The van der Waals surface area contributed by atoms with E-state index in [1.165, 1.54) is 16.7 Å². The minimum Gasteiger partial charge on any atom is -0.171 e. The van der Waals surface area contributed by atoms with Gasteiger partial charge in [-0.1, -0.05) is 30.4 Å². The normalized spacial score (nSPS) is 22.5. The summed E-state index contributed by atoms with van der Waals surface area (Å²) in [5.41, 5.74) is 4.03. The number of thiol groups is 1. The monoisotopic (exact) mass is 162 g/mol. The molecular weight excluding hydrogens is 152 g/mol. The molecule has 2 aliphatic carbocycles. The van der Waals surface area contributed by atoms with Crippen LogP contribution in [0.1, 0.15) is 6.92 Å². The molecule has 0 aromatic heterocycles. The molecule has 1 atom stereocenters. The average Bonchev–Trinajstić information content (AvgIpc) is 2.41. The number of fused-ring (bicyclic) bond motifs is 1. The highest BCUT2D eigenvalue weighted by molar-refractivity contribution is 7.81. The molecule has 0 aromatic rings. The highest BCUT2D eigenvalue weighted by Gasteiger charge is 2.18. The molecule has 0 heterocycles. The largest absolute Gasteiger partial charge is 0.171 e. The van der Waals surface area contributed by atoms with Crippen molar-refractivity contribution in [3.05, 3.63) is 47.1 Å². The molecular formula is C10H10S. The molecule has 0 bridgehead atoms. The Hall–Kier alpha value is -0.690. The van der Waals surface area contributed by atoms with Gasteiger partial charge in [-0.15, -0.1) is 0 Å². The molecule has 0 N–H and O–H groups in total. The number of hydrogen-bond acceptors (Lipinski definition) is 1. The third kappa shape index (κ3) is 1.000. The Morgan fingerprint density at radius 3 is 2.82 bits per heavy atom. The first kappa shape index (κ1) is 6.99. The van der Waals surface area contributed by atoms with Gasteiger partial charge in [0, 0.05) is 5.25 Å². The van der Waals surface area contributed by atoms with Crippen molar-refractivity contribution in [1.82, 2.24) is 0 Å². The maximum Gasteiger partial charge on any atom is 0.0245 e. The van der Waals surface area contributed by atoms with Crippen molar-refractivity contribution in [1.29, 1.82) is 0 Å². The molecule has 56 valence electrons. The quantitative estimate of drug-likeness (QED) is 0.563. The Balaban J connectivity index is 2.34. The lowest BCUT2D eigenvalue weighted by atomic mass is 10.0. The van der Waals surface area contributed by atoms with Crippen LogP contribution in [0.25, 0.3) is 0 Å². The summed E-state index contributed by atoms with van der Waals surface area (Å²) in [7, 11) is 0. The van der Waals surface area contributed by atoms with Crippen LogP contribution in [-0.4, -0.2) is 5.25 Å². The Labute approximate surface area is 72.4 Å². The van der Waals surface area contributed by atoms with E-state index in [1.54, 1.807) is 0 Å². The lowest BCUT2D eigenvalue weighted by Crippen LogP contribution is -1.97. The fourth-order valence-electron chi connectivity index (χ4n) is 1.48. The molecule has 0 amide bonds. The SMILES string of the molecule is CC(S)C1=CC=C2C=CC=C21. The van der Waals surface area contributed by atoms with Crippen molar-refractivity contribution < 1.29 is 0 Å². The molecule has 0 radical (unpaired) electrons. The Kier molecular flexibility index (Phi) is 1.53. The maximum atomic E-state index is 4.40. The van der Waals surface area contributed by atoms with Crippen LogP contribution in [0.4, 0.5) is 0 Å². The molecule has 1 heteroatoms. The maximum absolute atomic E-state index is 4.40. The summed E-state index contributed by atoms with van der Waals surface area (Å²) in [6.07, 6.45) is 10.7. The fraction of sp³-hybridized carbons (Fsp3) is 0.200. The molecule has 0 saturated carbocycles. The van der Waals surface area contributed by atoms with E-state index in [4.69, 9.17) is 0 Å². The van der Waals surface area contributed by atoms with Crippen molar-refractivity contribution in [2.45, 2.75) is 12.2 Å². The minimum absolute atomic E-state index is 0.342. The van der Waals surface area contributed by atoms with E-state index in [2.05, 4.69) is 49.9 Å². The zero-order chi connectivity index (χ0) is 7.84. The average molecular weight is 162 g/mol. The summed E-state index contributed by atoms with van der Waals surface area (Å²) in [6, 6.07) is 0. The topological polar surface area (TPSA) is 0 Å². The van der Waals surface area contributed by atoms with Gasteiger partial charge >= 0.3 is 0 Å². The zero-order valence-electron chi connectivity index (χ0n) is 6.41. The van der Waals surface area contributed by atoms with E-state index in [1.807, 2.05) is 0 Å². The van der Waals surface area contributed by atoms with E-state index < -0.39 is 0 Å². The Morgan fingerprint density at radius 2 is 2.09 bits per heavy atom. The lowest BCUT2D eigenvalue weighted by Gasteiger charge is -2.07. The van der Waals surface area contributed by atoms with Gasteiger partial charge < -0.3 is 0 Å². The van der Waals surface area contributed by atoms with E-state index in [9.17, 15) is 0 Å². The number of allylic oxidation sites excluding steroid dienone is 7. The van der Waals surface area contributed by atoms with Crippen LogP contribution in [0.3, 0.4) is 0 Å². The second-order valence-electron chi connectivity index (χ2n) is 2.86. The molecule has 11 heavy (non-hydrogen) atoms. The highest BCUT2D eigenvalue weighted by atomic mass is 32.1. The van der Waals surface area contributed by atoms with Crippen molar-refractivity contribution in [2.24, 2.45) is 0 Å². The predicted octanol–water partition coefficient (Wildman–Crippen LogP) is 2.67. The molecule has 0 fully saturated rings. The summed E-state index contributed by atoms with van der Waals surface area (Å²) in [6.45, 7) is 2.10. The smallest absolute Gasteiger partial charge is 0.0245 e. The van der Waals surface area contributed by atoms with Gasteiger partial charge in [0.15, 0.2) is 0 Å². The third-order valence-electron chi connectivity index (χ3n) is 2.05. The molecule has 1 unspecified atom stereocenters. The van der Waals surface area contributed by atoms with Gasteiger partial charge in [-0.2, -0.15) is 12.6 Å². The van der Waals surface area contributed by atoms with Crippen molar-refractivity contribution in [3.63, 3.8) is 0 Å². The molecule has 2 rings (SSSR count). The Morgan fingerprint density at radius 1 is 1.27 bits per heavy atom. The van der Waals surface area contributed by atoms with E-state index >= 15 is 0 Å². The van der Waals surface area contributed by atoms with Crippen molar-refractivity contribution in [3.8, 4) is 0 Å². The van der Waals surface area contributed by atoms with E-state index in [0.717, 1.165) is 0 Å². The molecule has 0 aromatic carbocycles. The third-order valence-corrected chi connectivity index (χ3v) is 2.33. The van der Waals surface area contributed by atoms with Crippen LogP contribution >= 0.6 is 12.6 Å². The predicted molar refractivity (Wildman–Crippen MR) is 51.8 cm³/mol. The first-order valence-corrected chi connectivity index (χ1v) is 4.30. The summed E-state index contributed by atoms with van der Waals surface area (Å²) in [5, 5.41) is 0.342. The number of rotatable bonds is 1. The first-order valence-electron chi connectivity index (χ1n) is 3.78. The molecule has 0 aliphatic heterocycles. The van der Waals surface area contributed by atoms with Gasteiger partial charge in [0.05, 0.1) is 0 Å². The summed E-state index contributed by atoms with van der Waals surface area (Å²) in [4.78, 5) is 0. The van der Waals surface area contributed by atoms with Crippen LogP contribution in [0, 0.1) is 0 Å². The molecule has 0 spiro atoms.